The van der Waals surface area contributed by atoms with E-state index in [1.807, 2.05) is 24.3 Å². The van der Waals surface area contributed by atoms with Gasteiger partial charge in [0, 0.05) is 25.3 Å². The van der Waals surface area contributed by atoms with Crippen LogP contribution in [0.5, 0.6) is 0 Å². The molecule has 0 saturated carbocycles. The van der Waals surface area contributed by atoms with Crippen LogP contribution < -0.4 is 10.6 Å². The van der Waals surface area contributed by atoms with Gasteiger partial charge in [-0.25, -0.2) is 0 Å². The molecule has 0 bridgehead atoms. The Kier molecular flexibility index (Phi) is 6.96. The van der Waals surface area contributed by atoms with E-state index in [1.165, 1.54) is 0 Å². The van der Waals surface area contributed by atoms with Gasteiger partial charge in [-0.2, -0.15) is 0 Å². The molecule has 6 heteroatoms. The second-order valence-electron chi connectivity index (χ2n) is 7.31. The first-order chi connectivity index (χ1) is 11.9. The second-order valence-corrected chi connectivity index (χ2v) is 7.31. The third-order valence-electron chi connectivity index (χ3n) is 4.23. The van der Waals surface area contributed by atoms with Gasteiger partial charge in [0.1, 0.15) is 0 Å². The molecule has 1 aromatic carbocycles. The first-order valence-corrected chi connectivity index (χ1v) is 8.87. The third-order valence-corrected chi connectivity index (χ3v) is 4.23. The number of ether oxygens (including phenoxy) is 1. The Hall–Kier alpha value is -1.92. The van der Waals surface area contributed by atoms with Gasteiger partial charge < -0.3 is 15.4 Å². The van der Waals surface area contributed by atoms with E-state index in [-0.39, 0.29) is 5.41 Å². The number of hydrogen-bond donors (Lipinski definition) is 2. The fraction of sp³-hybridized carbons (Fsp3) is 0.579. The lowest BCUT2D eigenvalue weighted by Gasteiger charge is -2.26. The summed E-state index contributed by atoms with van der Waals surface area (Å²) in [7, 11) is 0. The van der Waals surface area contributed by atoms with Gasteiger partial charge in [-0.15, -0.1) is 0 Å². The standard InChI is InChI=1S/C19H29N3O3/c1-19(2,3)15-7-4-5-8-16(15)21-18(24)17(23)20-9-6-10-22-11-13-25-14-12-22/h4-5,7-8H,6,9-14H2,1-3H3,(H,20,23)(H,21,24). The monoisotopic (exact) mass is 347 g/mol. The molecule has 0 aromatic heterocycles. The molecule has 2 rings (SSSR count). The van der Waals surface area contributed by atoms with Crippen molar-refractivity contribution in [2.45, 2.75) is 32.6 Å². The van der Waals surface area contributed by atoms with Crippen LogP contribution in [0.25, 0.3) is 0 Å². The van der Waals surface area contributed by atoms with Crippen LogP contribution in [0.1, 0.15) is 32.8 Å². The van der Waals surface area contributed by atoms with Crippen LogP contribution in [0.2, 0.25) is 0 Å². The molecule has 1 fully saturated rings. The smallest absolute Gasteiger partial charge is 0.313 e. The van der Waals surface area contributed by atoms with E-state index in [2.05, 4.69) is 36.3 Å². The first-order valence-electron chi connectivity index (χ1n) is 8.87. The molecule has 0 unspecified atom stereocenters. The van der Waals surface area contributed by atoms with Crippen molar-refractivity contribution in [3.8, 4) is 0 Å². The topological polar surface area (TPSA) is 70.7 Å². The first kappa shape index (κ1) is 19.4. The maximum absolute atomic E-state index is 12.1. The lowest BCUT2D eigenvalue weighted by molar-refractivity contribution is -0.136. The zero-order valence-corrected chi connectivity index (χ0v) is 15.4. The zero-order valence-electron chi connectivity index (χ0n) is 15.4. The third kappa shape index (κ3) is 6.14. The van der Waals surface area contributed by atoms with Crippen LogP contribution in [0.3, 0.4) is 0 Å². The Morgan fingerprint density at radius 3 is 2.48 bits per heavy atom. The van der Waals surface area contributed by atoms with Crippen LogP contribution in [-0.2, 0) is 19.7 Å². The van der Waals surface area contributed by atoms with E-state index in [0.29, 0.717) is 12.2 Å². The van der Waals surface area contributed by atoms with E-state index >= 15 is 0 Å². The molecular formula is C19H29N3O3. The number of nitrogens with one attached hydrogen (secondary N) is 2. The number of morpholine rings is 1. The lowest BCUT2D eigenvalue weighted by Crippen LogP contribution is -2.40. The maximum atomic E-state index is 12.1. The lowest BCUT2D eigenvalue weighted by atomic mass is 9.86. The molecular weight excluding hydrogens is 318 g/mol. The molecule has 0 spiro atoms. The van der Waals surface area contributed by atoms with Crippen LogP contribution >= 0.6 is 0 Å². The molecule has 138 valence electrons. The largest absolute Gasteiger partial charge is 0.379 e. The number of carbonyl (C=O) groups excluding carboxylic acids is 2. The van der Waals surface area contributed by atoms with E-state index < -0.39 is 11.8 Å². The van der Waals surface area contributed by atoms with Crippen molar-refractivity contribution < 1.29 is 14.3 Å². The molecule has 6 nitrogen and oxygen atoms in total. The highest BCUT2D eigenvalue weighted by Gasteiger charge is 2.20. The Balaban J connectivity index is 1.78. The number of rotatable bonds is 5. The molecule has 25 heavy (non-hydrogen) atoms. The molecule has 1 aliphatic heterocycles. The van der Waals surface area contributed by atoms with Crippen LogP contribution in [-0.4, -0.2) is 56.1 Å². The van der Waals surface area contributed by atoms with E-state index in [4.69, 9.17) is 4.74 Å². The molecule has 0 atom stereocenters. The van der Waals surface area contributed by atoms with E-state index in [1.54, 1.807) is 0 Å². The molecule has 2 N–H and O–H groups in total. The summed E-state index contributed by atoms with van der Waals surface area (Å²) < 4.78 is 5.30. The van der Waals surface area contributed by atoms with Crippen molar-refractivity contribution in [2.75, 3.05) is 44.7 Å². The minimum atomic E-state index is -0.622. The number of hydrogen-bond acceptors (Lipinski definition) is 4. The van der Waals surface area contributed by atoms with Gasteiger partial charge in [-0.1, -0.05) is 39.0 Å². The Morgan fingerprint density at radius 1 is 1.12 bits per heavy atom. The predicted molar refractivity (Wildman–Crippen MR) is 98.7 cm³/mol. The quantitative estimate of drug-likeness (QED) is 0.629. The highest BCUT2D eigenvalue weighted by atomic mass is 16.5. The number of carbonyl (C=O) groups is 2. The van der Waals surface area contributed by atoms with Crippen molar-refractivity contribution >= 4 is 17.5 Å². The molecule has 0 radical (unpaired) electrons. The average molecular weight is 347 g/mol. The van der Waals surface area contributed by atoms with E-state index in [9.17, 15) is 9.59 Å². The molecule has 0 aliphatic carbocycles. The van der Waals surface area contributed by atoms with Gasteiger partial charge in [0.15, 0.2) is 0 Å². The number of para-hydroxylation sites is 1. The predicted octanol–water partition coefficient (Wildman–Crippen LogP) is 1.76. The molecule has 2 amide bonds. The van der Waals surface area contributed by atoms with Gasteiger partial charge >= 0.3 is 11.8 Å². The fourth-order valence-corrected chi connectivity index (χ4v) is 2.83. The van der Waals surface area contributed by atoms with Gasteiger partial charge in [0.2, 0.25) is 0 Å². The number of anilines is 1. The molecule has 1 saturated heterocycles. The summed E-state index contributed by atoms with van der Waals surface area (Å²) in [6.07, 6.45) is 0.817. The summed E-state index contributed by atoms with van der Waals surface area (Å²) in [6.45, 7) is 11.0. The van der Waals surface area contributed by atoms with Crippen molar-refractivity contribution in [3.05, 3.63) is 29.8 Å². The minimum Gasteiger partial charge on any atom is -0.379 e. The van der Waals surface area contributed by atoms with Crippen LogP contribution in [0.4, 0.5) is 5.69 Å². The maximum Gasteiger partial charge on any atom is 0.313 e. The second kappa shape index (κ2) is 8.97. The SMILES string of the molecule is CC(C)(C)c1ccccc1NC(=O)C(=O)NCCCN1CCOCC1. The summed E-state index contributed by atoms with van der Waals surface area (Å²) in [6, 6.07) is 7.58. The molecule has 1 heterocycles. The summed E-state index contributed by atoms with van der Waals surface area (Å²) in [5, 5.41) is 5.42. The van der Waals surface area contributed by atoms with Gasteiger partial charge in [-0.05, 0) is 30.0 Å². The normalized spacial score (nSPS) is 15.6. The zero-order chi connectivity index (χ0) is 18.3. The summed E-state index contributed by atoms with van der Waals surface area (Å²) in [4.78, 5) is 26.4. The highest BCUT2D eigenvalue weighted by Crippen LogP contribution is 2.29. The summed E-state index contributed by atoms with van der Waals surface area (Å²) in [5.41, 5.74) is 1.57. The minimum absolute atomic E-state index is 0.113. The van der Waals surface area contributed by atoms with Gasteiger partial charge in [0.25, 0.3) is 0 Å². The summed E-state index contributed by atoms with van der Waals surface area (Å²) >= 11 is 0. The van der Waals surface area contributed by atoms with Crippen molar-refractivity contribution in [1.82, 2.24) is 10.2 Å². The molecule has 1 aromatic rings. The Bertz CT molecular complexity index is 590. The fourth-order valence-electron chi connectivity index (χ4n) is 2.83. The van der Waals surface area contributed by atoms with Gasteiger partial charge in [-0.3, -0.25) is 14.5 Å². The van der Waals surface area contributed by atoms with Crippen molar-refractivity contribution in [3.63, 3.8) is 0 Å². The molecule has 1 aliphatic rings. The number of nitrogens with zero attached hydrogens (tertiary/aromatic N) is 1. The van der Waals surface area contributed by atoms with Gasteiger partial charge in [0.05, 0.1) is 13.2 Å². The van der Waals surface area contributed by atoms with Crippen molar-refractivity contribution in [1.29, 1.82) is 0 Å². The van der Waals surface area contributed by atoms with Crippen LogP contribution in [0.15, 0.2) is 24.3 Å². The Morgan fingerprint density at radius 2 is 1.80 bits per heavy atom. The summed E-state index contributed by atoms with van der Waals surface area (Å²) in [5.74, 6) is -1.21. The highest BCUT2D eigenvalue weighted by molar-refractivity contribution is 6.39. The average Bonchev–Trinajstić information content (AvgIpc) is 2.59. The number of amides is 2. The number of benzene rings is 1. The van der Waals surface area contributed by atoms with E-state index in [0.717, 1.165) is 44.8 Å². The van der Waals surface area contributed by atoms with Crippen molar-refractivity contribution in [2.24, 2.45) is 0 Å². The van der Waals surface area contributed by atoms with Crippen LogP contribution in [0, 0.1) is 0 Å². The Labute approximate surface area is 149 Å².